The zero-order valence-corrected chi connectivity index (χ0v) is 15.6. The Bertz CT molecular complexity index is 604. The number of anilines is 1. The Hall–Kier alpha value is -1.59. The summed E-state index contributed by atoms with van der Waals surface area (Å²) >= 11 is 0. The summed E-state index contributed by atoms with van der Waals surface area (Å²) in [7, 11) is 0. The van der Waals surface area contributed by atoms with Crippen molar-refractivity contribution in [1.82, 2.24) is 5.32 Å². The van der Waals surface area contributed by atoms with Crippen molar-refractivity contribution in [2.24, 2.45) is 17.1 Å². The highest BCUT2D eigenvalue weighted by atomic mass is 16.5. The molecule has 5 nitrogen and oxygen atoms in total. The fourth-order valence-corrected chi connectivity index (χ4v) is 4.09. The second kappa shape index (κ2) is 6.96. The molecule has 138 valence electrons. The molecule has 1 aliphatic heterocycles. The van der Waals surface area contributed by atoms with Gasteiger partial charge in [-0.3, -0.25) is 4.79 Å². The Balaban J connectivity index is 1.50. The average molecular weight is 345 g/mol. The largest absolute Gasteiger partial charge is 0.378 e. The van der Waals surface area contributed by atoms with Gasteiger partial charge >= 0.3 is 0 Å². The van der Waals surface area contributed by atoms with Crippen LogP contribution in [0.4, 0.5) is 5.69 Å². The van der Waals surface area contributed by atoms with E-state index >= 15 is 0 Å². The molecule has 5 heteroatoms. The molecule has 0 radical (unpaired) electrons. The fraction of sp³-hybridized carbons (Fsp3) is 0.650. The summed E-state index contributed by atoms with van der Waals surface area (Å²) in [5, 5.41) is 3.11. The summed E-state index contributed by atoms with van der Waals surface area (Å²) in [6, 6.07) is 10.4. The van der Waals surface area contributed by atoms with E-state index in [9.17, 15) is 4.79 Å². The number of carbonyl (C=O) groups excluding carboxylic acids is 1. The summed E-state index contributed by atoms with van der Waals surface area (Å²) in [4.78, 5) is 15.1. The van der Waals surface area contributed by atoms with Gasteiger partial charge in [0.25, 0.3) is 0 Å². The van der Waals surface area contributed by atoms with Crippen molar-refractivity contribution in [3.05, 3.63) is 30.3 Å². The second-order valence-electron chi connectivity index (χ2n) is 7.99. The zero-order valence-electron chi connectivity index (χ0n) is 15.6. The van der Waals surface area contributed by atoms with Crippen LogP contribution in [0.3, 0.4) is 0 Å². The molecule has 3 rings (SSSR count). The van der Waals surface area contributed by atoms with Gasteiger partial charge < -0.3 is 20.7 Å². The summed E-state index contributed by atoms with van der Waals surface area (Å²) in [6.07, 6.45) is 1.76. The first kappa shape index (κ1) is 18.2. The van der Waals surface area contributed by atoms with Crippen LogP contribution in [-0.4, -0.2) is 43.8 Å². The lowest BCUT2D eigenvalue weighted by molar-refractivity contribution is -0.170. The van der Waals surface area contributed by atoms with Crippen LogP contribution in [0.1, 0.15) is 33.6 Å². The minimum atomic E-state index is -0.829. The normalized spacial score (nSPS) is 30.8. The van der Waals surface area contributed by atoms with Crippen molar-refractivity contribution < 1.29 is 9.53 Å². The third-order valence-corrected chi connectivity index (χ3v) is 6.19. The highest BCUT2D eigenvalue weighted by molar-refractivity contribution is 5.88. The minimum absolute atomic E-state index is 0.0355. The third kappa shape index (κ3) is 3.27. The monoisotopic (exact) mass is 345 g/mol. The minimum Gasteiger partial charge on any atom is -0.378 e. The quantitative estimate of drug-likeness (QED) is 0.829. The maximum atomic E-state index is 12.7. The van der Waals surface area contributed by atoms with Crippen molar-refractivity contribution in [3.63, 3.8) is 0 Å². The van der Waals surface area contributed by atoms with E-state index in [1.807, 2.05) is 26.8 Å². The van der Waals surface area contributed by atoms with Crippen LogP contribution in [-0.2, 0) is 9.53 Å². The number of rotatable bonds is 6. The first-order valence-corrected chi connectivity index (χ1v) is 9.37. The molecule has 0 bridgehead atoms. The van der Waals surface area contributed by atoms with Crippen LogP contribution in [0.15, 0.2) is 30.3 Å². The van der Waals surface area contributed by atoms with E-state index < -0.39 is 5.54 Å². The van der Waals surface area contributed by atoms with Gasteiger partial charge in [0.1, 0.15) is 5.54 Å². The molecule has 25 heavy (non-hydrogen) atoms. The van der Waals surface area contributed by atoms with Crippen molar-refractivity contribution in [1.29, 1.82) is 0 Å². The number of ether oxygens (including phenoxy) is 1. The molecule has 1 aromatic rings. The molecule has 1 heterocycles. The standard InChI is InChI=1S/C20H31N3O2/c1-4-25-17-12-20(21,19(17,2)3)18(24)22-13-15-10-11-23(14-15)16-8-6-5-7-9-16/h5-9,15,17H,4,10-14,21H2,1-3H3,(H,22,24). The predicted octanol–water partition coefficient (Wildman–Crippen LogP) is 2.16. The van der Waals surface area contributed by atoms with Gasteiger partial charge in [0.15, 0.2) is 0 Å². The van der Waals surface area contributed by atoms with Crippen molar-refractivity contribution in [2.75, 3.05) is 31.1 Å². The summed E-state index contributed by atoms with van der Waals surface area (Å²) in [5.74, 6) is 0.435. The molecule has 2 aliphatic rings. The Labute approximate surface area is 150 Å². The predicted molar refractivity (Wildman–Crippen MR) is 101 cm³/mol. The van der Waals surface area contributed by atoms with Gasteiger partial charge in [0, 0.05) is 43.8 Å². The van der Waals surface area contributed by atoms with Crippen molar-refractivity contribution >= 4 is 11.6 Å². The van der Waals surface area contributed by atoms with Crippen LogP contribution in [0.25, 0.3) is 0 Å². The first-order chi connectivity index (χ1) is 11.9. The van der Waals surface area contributed by atoms with E-state index in [2.05, 4.69) is 34.5 Å². The van der Waals surface area contributed by atoms with Crippen molar-refractivity contribution in [2.45, 2.75) is 45.3 Å². The zero-order chi connectivity index (χ0) is 18.1. The molecular weight excluding hydrogens is 314 g/mol. The molecule has 1 amide bonds. The Morgan fingerprint density at radius 3 is 2.72 bits per heavy atom. The molecule has 1 saturated carbocycles. The van der Waals surface area contributed by atoms with E-state index in [1.54, 1.807) is 0 Å². The molecule has 3 N–H and O–H groups in total. The SMILES string of the molecule is CCOC1CC(N)(C(=O)NCC2CCN(c3ccccc3)C2)C1(C)C. The lowest BCUT2D eigenvalue weighted by Crippen LogP contribution is -2.75. The third-order valence-electron chi connectivity index (χ3n) is 6.19. The molecule has 1 saturated heterocycles. The maximum Gasteiger partial charge on any atom is 0.240 e. The van der Waals surface area contributed by atoms with Gasteiger partial charge in [-0.25, -0.2) is 0 Å². The molecule has 3 unspecified atom stereocenters. The first-order valence-electron chi connectivity index (χ1n) is 9.37. The van der Waals surface area contributed by atoms with Gasteiger partial charge in [-0.1, -0.05) is 32.0 Å². The number of hydrogen-bond donors (Lipinski definition) is 2. The highest BCUT2D eigenvalue weighted by Gasteiger charge is 2.62. The van der Waals surface area contributed by atoms with Crippen LogP contribution < -0.4 is 16.0 Å². The summed E-state index contributed by atoms with van der Waals surface area (Å²) in [5.41, 5.74) is 6.54. The Kier molecular flexibility index (Phi) is 5.07. The molecular formula is C20H31N3O2. The number of para-hydroxylation sites is 1. The Morgan fingerprint density at radius 2 is 2.08 bits per heavy atom. The smallest absolute Gasteiger partial charge is 0.240 e. The number of amides is 1. The van der Waals surface area contributed by atoms with Crippen molar-refractivity contribution in [3.8, 4) is 0 Å². The Morgan fingerprint density at radius 1 is 1.36 bits per heavy atom. The second-order valence-corrected chi connectivity index (χ2v) is 7.99. The van der Waals surface area contributed by atoms with Crippen LogP contribution >= 0.6 is 0 Å². The van der Waals surface area contributed by atoms with E-state index in [1.165, 1.54) is 5.69 Å². The van der Waals surface area contributed by atoms with Crippen LogP contribution in [0.5, 0.6) is 0 Å². The number of nitrogens with zero attached hydrogens (tertiary/aromatic N) is 1. The maximum absolute atomic E-state index is 12.7. The molecule has 3 atom stereocenters. The molecule has 2 fully saturated rings. The number of hydrogen-bond acceptors (Lipinski definition) is 4. The lowest BCUT2D eigenvalue weighted by Gasteiger charge is -2.57. The van der Waals surface area contributed by atoms with Gasteiger partial charge in [-0.2, -0.15) is 0 Å². The van der Waals surface area contributed by atoms with E-state index in [4.69, 9.17) is 10.5 Å². The number of carbonyl (C=O) groups is 1. The van der Waals surface area contributed by atoms with E-state index in [0.29, 0.717) is 25.5 Å². The molecule has 1 aromatic carbocycles. The van der Waals surface area contributed by atoms with Gasteiger partial charge in [-0.15, -0.1) is 0 Å². The lowest BCUT2D eigenvalue weighted by atomic mass is 9.54. The summed E-state index contributed by atoms with van der Waals surface area (Å²) < 4.78 is 5.71. The number of nitrogens with one attached hydrogen (secondary N) is 1. The topological polar surface area (TPSA) is 67.6 Å². The average Bonchev–Trinajstić information content (AvgIpc) is 3.09. The highest BCUT2D eigenvalue weighted by Crippen LogP contribution is 2.49. The molecule has 0 aromatic heterocycles. The molecule has 0 spiro atoms. The number of nitrogens with two attached hydrogens (primary N) is 1. The molecule has 1 aliphatic carbocycles. The van der Waals surface area contributed by atoms with Crippen LogP contribution in [0, 0.1) is 11.3 Å². The van der Waals surface area contributed by atoms with E-state index in [0.717, 1.165) is 19.5 Å². The van der Waals surface area contributed by atoms with E-state index in [-0.39, 0.29) is 17.4 Å². The van der Waals surface area contributed by atoms with Gasteiger partial charge in [-0.05, 0) is 31.4 Å². The van der Waals surface area contributed by atoms with Crippen LogP contribution in [0.2, 0.25) is 0 Å². The number of benzene rings is 1. The van der Waals surface area contributed by atoms with Gasteiger partial charge in [0.2, 0.25) is 5.91 Å². The fourth-order valence-electron chi connectivity index (χ4n) is 4.09. The van der Waals surface area contributed by atoms with Gasteiger partial charge in [0.05, 0.1) is 6.10 Å². The summed E-state index contributed by atoms with van der Waals surface area (Å²) in [6.45, 7) is 9.40.